The van der Waals surface area contributed by atoms with Crippen molar-refractivity contribution in [1.29, 1.82) is 0 Å². The van der Waals surface area contributed by atoms with Crippen molar-refractivity contribution in [3.8, 4) is 0 Å². The lowest BCUT2D eigenvalue weighted by atomic mass is 9.97. The van der Waals surface area contributed by atoms with E-state index in [1.807, 2.05) is 12.1 Å². The zero-order valence-corrected chi connectivity index (χ0v) is 15.9. The Kier molecular flexibility index (Phi) is 6.06. The van der Waals surface area contributed by atoms with Crippen LogP contribution in [0.25, 0.3) is 5.57 Å². The van der Waals surface area contributed by atoms with Crippen molar-refractivity contribution >= 4 is 17.4 Å². The Bertz CT molecular complexity index is 917. The maximum Gasteiger partial charge on any atom is 0.416 e. The maximum atomic E-state index is 12.9. The molecule has 29 heavy (non-hydrogen) atoms. The topological polar surface area (TPSA) is 53.4 Å². The molecule has 0 amide bonds. The van der Waals surface area contributed by atoms with Crippen LogP contribution in [0.1, 0.15) is 36.5 Å². The van der Waals surface area contributed by atoms with Gasteiger partial charge in [-0.05, 0) is 55.2 Å². The van der Waals surface area contributed by atoms with Crippen molar-refractivity contribution in [2.75, 3.05) is 11.4 Å². The van der Waals surface area contributed by atoms with Crippen LogP contribution < -0.4 is 4.90 Å². The van der Waals surface area contributed by atoms with Crippen LogP contribution in [0.4, 0.5) is 19.0 Å². The average Bonchev–Trinajstić information content (AvgIpc) is 3.11. The number of benzene rings is 1. The third kappa shape index (κ3) is 5.04. The highest BCUT2D eigenvalue weighted by Crippen LogP contribution is 2.32. The van der Waals surface area contributed by atoms with E-state index in [1.165, 1.54) is 18.2 Å². The molecule has 1 aromatic heterocycles. The Morgan fingerprint density at radius 2 is 1.86 bits per heavy atom. The molecule has 1 aliphatic heterocycles. The maximum absolute atomic E-state index is 12.9. The van der Waals surface area contributed by atoms with Crippen molar-refractivity contribution in [1.82, 2.24) is 4.98 Å². The molecule has 4 nitrogen and oxygen atoms in total. The minimum absolute atomic E-state index is 0.414. The van der Waals surface area contributed by atoms with E-state index in [0.29, 0.717) is 22.7 Å². The molecule has 152 valence electrons. The van der Waals surface area contributed by atoms with Gasteiger partial charge in [-0.15, -0.1) is 0 Å². The first-order valence-corrected chi connectivity index (χ1v) is 9.27. The van der Waals surface area contributed by atoms with Gasteiger partial charge in [-0.1, -0.05) is 24.3 Å². The van der Waals surface area contributed by atoms with Crippen LogP contribution in [0.5, 0.6) is 0 Å². The lowest BCUT2D eigenvalue weighted by Gasteiger charge is -2.22. The Hall–Kier alpha value is -3.09. The molecule has 1 aliphatic rings. The fourth-order valence-electron chi connectivity index (χ4n) is 3.41. The lowest BCUT2D eigenvalue weighted by molar-refractivity contribution is -0.137. The van der Waals surface area contributed by atoms with Crippen molar-refractivity contribution in [2.45, 2.75) is 32.0 Å². The summed E-state index contributed by atoms with van der Waals surface area (Å²) in [7, 11) is 0. The number of hydrogen-bond acceptors (Lipinski definition) is 3. The molecule has 0 bridgehead atoms. The van der Waals surface area contributed by atoms with Crippen LogP contribution in [0.3, 0.4) is 0 Å². The van der Waals surface area contributed by atoms with Crippen LogP contribution in [0.15, 0.2) is 60.8 Å². The Morgan fingerprint density at radius 1 is 1.17 bits per heavy atom. The molecule has 0 spiro atoms. The normalized spacial score (nSPS) is 17.9. The minimum atomic E-state index is -4.42. The summed E-state index contributed by atoms with van der Waals surface area (Å²) in [5.41, 5.74) is 1.08. The highest BCUT2D eigenvalue weighted by molar-refractivity contribution is 5.84. The number of nitrogens with zero attached hydrogens (tertiary/aromatic N) is 2. The van der Waals surface area contributed by atoms with E-state index in [0.717, 1.165) is 43.4 Å². The lowest BCUT2D eigenvalue weighted by Crippen LogP contribution is -2.27. The molecule has 0 saturated carbocycles. The van der Waals surface area contributed by atoms with Gasteiger partial charge in [0.05, 0.1) is 5.56 Å². The summed E-state index contributed by atoms with van der Waals surface area (Å²) in [6.45, 7) is 3.09. The summed E-state index contributed by atoms with van der Waals surface area (Å²) >= 11 is 0. The Balaban J connectivity index is 1.94. The first kappa shape index (κ1) is 20.6. The quantitative estimate of drug-likeness (QED) is 0.554. The molecule has 1 aromatic carbocycles. The summed E-state index contributed by atoms with van der Waals surface area (Å²) in [6, 6.07) is 8.92. The van der Waals surface area contributed by atoms with Crippen LogP contribution >= 0.6 is 0 Å². The van der Waals surface area contributed by atoms with Gasteiger partial charge in [0.25, 0.3) is 0 Å². The molecule has 3 rings (SSSR count). The number of aliphatic carboxylic acids is 1. The van der Waals surface area contributed by atoms with E-state index in [1.54, 1.807) is 12.3 Å². The zero-order chi connectivity index (χ0) is 21.0. The number of carboxylic acids is 1. The molecule has 1 fully saturated rings. The molecule has 2 aromatic rings. The van der Waals surface area contributed by atoms with Crippen LogP contribution in [0, 0.1) is 0 Å². The third-order valence-corrected chi connectivity index (χ3v) is 4.93. The fourth-order valence-corrected chi connectivity index (χ4v) is 3.41. The van der Waals surface area contributed by atoms with Crippen molar-refractivity contribution in [3.63, 3.8) is 0 Å². The van der Waals surface area contributed by atoms with Gasteiger partial charge < -0.3 is 10.0 Å². The molecule has 1 unspecified atom stereocenters. The van der Waals surface area contributed by atoms with E-state index < -0.39 is 17.7 Å². The third-order valence-electron chi connectivity index (χ3n) is 4.93. The van der Waals surface area contributed by atoms with Gasteiger partial charge in [0, 0.05) is 30.4 Å². The largest absolute Gasteiger partial charge is 0.478 e. The number of rotatable bonds is 5. The van der Waals surface area contributed by atoms with Gasteiger partial charge >= 0.3 is 12.1 Å². The summed E-state index contributed by atoms with van der Waals surface area (Å²) in [6.07, 6.45) is 3.36. The van der Waals surface area contributed by atoms with E-state index in [2.05, 4.69) is 16.8 Å². The van der Waals surface area contributed by atoms with E-state index in [9.17, 15) is 18.0 Å². The average molecular weight is 402 g/mol. The summed E-state index contributed by atoms with van der Waals surface area (Å²) in [4.78, 5) is 17.5. The molecule has 0 aliphatic carbocycles. The number of alkyl halides is 3. The molecule has 2 heterocycles. The molecule has 1 atom stereocenters. The number of pyridine rings is 1. The zero-order valence-electron chi connectivity index (χ0n) is 15.9. The second-order valence-corrected chi connectivity index (χ2v) is 6.94. The minimum Gasteiger partial charge on any atom is -0.478 e. The molecular formula is C22H21F3N2O2. The summed E-state index contributed by atoms with van der Waals surface area (Å²) in [5.74, 6) is -0.254. The number of allylic oxidation sites excluding steroid dienone is 2. The van der Waals surface area contributed by atoms with E-state index in [4.69, 9.17) is 5.11 Å². The van der Waals surface area contributed by atoms with Gasteiger partial charge in [-0.25, -0.2) is 9.78 Å². The predicted octanol–water partition coefficient (Wildman–Crippen LogP) is 5.16. The number of carbonyl (C=O) groups is 1. The first-order chi connectivity index (χ1) is 13.8. The van der Waals surface area contributed by atoms with Crippen molar-refractivity contribution in [2.24, 2.45) is 0 Å². The number of anilines is 1. The van der Waals surface area contributed by atoms with E-state index in [-0.39, 0.29) is 0 Å². The number of hydrogen-bond donors (Lipinski definition) is 1. The van der Waals surface area contributed by atoms with Crippen LogP contribution in [-0.2, 0) is 11.0 Å². The Morgan fingerprint density at radius 3 is 2.38 bits per heavy atom. The second kappa shape index (κ2) is 8.51. The standard InChI is InChI=1S/C22H21F3N2O2/c1-15-4-3-13-27(15)20-12-9-17(14-26-20)19(5-2-6-21(28)29)16-7-10-18(11-8-16)22(23,24)25/h2,5-12,14-15H,3-4,13H2,1H3,(H,28,29). The summed E-state index contributed by atoms with van der Waals surface area (Å²) < 4.78 is 38.6. The fraction of sp³-hybridized carbons (Fsp3) is 0.273. The highest BCUT2D eigenvalue weighted by atomic mass is 19.4. The monoisotopic (exact) mass is 402 g/mol. The summed E-state index contributed by atoms with van der Waals surface area (Å²) in [5, 5.41) is 8.82. The van der Waals surface area contributed by atoms with Crippen molar-refractivity contribution < 1.29 is 23.1 Å². The van der Waals surface area contributed by atoms with Gasteiger partial charge in [-0.2, -0.15) is 13.2 Å². The molecule has 0 radical (unpaired) electrons. The number of halogens is 3. The van der Waals surface area contributed by atoms with Gasteiger partial charge in [0.2, 0.25) is 0 Å². The van der Waals surface area contributed by atoms with Gasteiger partial charge in [-0.3, -0.25) is 0 Å². The molecule has 1 saturated heterocycles. The highest BCUT2D eigenvalue weighted by Gasteiger charge is 2.30. The first-order valence-electron chi connectivity index (χ1n) is 9.27. The van der Waals surface area contributed by atoms with Gasteiger partial charge in [0.15, 0.2) is 0 Å². The van der Waals surface area contributed by atoms with Crippen molar-refractivity contribution in [3.05, 3.63) is 77.5 Å². The molecule has 7 heteroatoms. The molecule has 1 N–H and O–H groups in total. The number of carboxylic acid groups (broad SMARTS) is 1. The smallest absolute Gasteiger partial charge is 0.416 e. The van der Waals surface area contributed by atoms with Crippen LogP contribution in [0.2, 0.25) is 0 Å². The number of aromatic nitrogens is 1. The second-order valence-electron chi connectivity index (χ2n) is 6.94. The van der Waals surface area contributed by atoms with Gasteiger partial charge in [0.1, 0.15) is 5.82 Å². The van der Waals surface area contributed by atoms with E-state index >= 15 is 0 Å². The molecular weight excluding hydrogens is 381 g/mol. The Labute approximate surface area is 167 Å². The predicted molar refractivity (Wildman–Crippen MR) is 106 cm³/mol. The SMILES string of the molecule is CC1CCCN1c1ccc(C(=CC=CC(=O)O)c2ccc(C(F)(F)F)cc2)cn1. The van der Waals surface area contributed by atoms with Crippen LogP contribution in [-0.4, -0.2) is 28.6 Å².